The average molecular weight is 277 g/mol. The molecular weight excluding hydrogens is 259 g/mol. The van der Waals surface area contributed by atoms with E-state index < -0.39 is 12.6 Å². The Hall–Kier alpha value is -1.43. The second-order valence-electron chi connectivity index (χ2n) is 4.15. The van der Waals surface area contributed by atoms with Crippen LogP contribution in [0.5, 0.6) is 11.5 Å². The molecule has 0 saturated carbocycles. The number of methoxy groups -OCH3 is 2. The van der Waals surface area contributed by atoms with Gasteiger partial charge in [0.15, 0.2) is 0 Å². The minimum Gasteiger partial charge on any atom is -0.497 e. The Kier molecular flexibility index (Phi) is 5.47. The number of hydrogen-bond acceptors (Lipinski definition) is 3. The number of nitrogens with one attached hydrogen (secondary N) is 1. The lowest BCUT2D eigenvalue weighted by molar-refractivity contribution is -0.133. The van der Waals surface area contributed by atoms with Gasteiger partial charge in [-0.25, -0.2) is 0 Å². The van der Waals surface area contributed by atoms with Gasteiger partial charge < -0.3 is 14.8 Å². The van der Waals surface area contributed by atoms with E-state index in [0.29, 0.717) is 11.5 Å². The number of hydrogen-bond donors (Lipinski definition) is 1. The van der Waals surface area contributed by atoms with Gasteiger partial charge in [0.2, 0.25) is 0 Å². The van der Waals surface area contributed by atoms with Crippen LogP contribution < -0.4 is 14.8 Å². The van der Waals surface area contributed by atoms with Gasteiger partial charge in [0.05, 0.1) is 20.6 Å². The number of halogens is 3. The highest BCUT2D eigenvalue weighted by atomic mass is 19.4. The second-order valence-corrected chi connectivity index (χ2v) is 4.15. The summed E-state index contributed by atoms with van der Waals surface area (Å²) in [5, 5.41) is 2.83. The predicted molar refractivity (Wildman–Crippen MR) is 66.6 cm³/mol. The number of ether oxygens (including phenoxy) is 2. The van der Waals surface area contributed by atoms with Crippen LogP contribution in [0.15, 0.2) is 18.2 Å². The molecule has 108 valence electrons. The summed E-state index contributed by atoms with van der Waals surface area (Å²) in [6, 6.07) is 5.00. The van der Waals surface area contributed by atoms with Crippen molar-refractivity contribution in [3.63, 3.8) is 0 Å². The third-order valence-electron chi connectivity index (χ3n) is 2.77. The fourth-order valence-electron chi connectivity index (χ4n) is 1.72. The molecule has 1 unspecified atom stereocenters. The standard InChI is InChI=1S/C13H18F3NO2/c1-9(17-7-6-13(14,15)16)11-5-4-10(18-2)8-12(11)19-3/h4-5,8-9,17H,6-7H2,1-3H3. The summed E-state index contributed by atoms with van der Waals surface area (Å²) in [6.07, 6.45) is -4.99. The number of benzene rings is 1. The van der Waals surface area contributed by atoms with Crippen LogP contribution in [0.25, 0.3) is 0 Å². The van der Waals surface area contributed by atoms with Crippen LogP contribution in [0.2, 0.25) is 0 Å². The Labute approximate surface area is 110 Å². The number of rotatable bonds is 6. The van der Waals surface area contributed by atoms with Crippen molar-refractivity contribution < 1.29 is 22.6 Å². The van der Waals surface area contributed by atoms with Crippen LogP contribution in [0.4, 0.5) is 13.2 Å². The maximum atomic E-state index is 12.1. The van der Waals surface area contributed by atoms with Gasteiger partial charge in [-0.1, -0.05) is 6.07 Å². The molecule has 0 aliphatic carbocycles. The first-order valence-electron chi connectivity index (χ1n) is 5.89. The Morgan fingerprint density at radius 3 is 2.42 bits per heavy atom. The first-order chi connectivity index (χ1) is 8.87. The van der Waals surface area contributed by atoms with Crippen LogP contribution in [0, 0.1) is 0 Å². The molecule has 0 aliphatic heterocycles. The second kappa shape index (κ2) is 6.65. The van der Waals surface area contributed by atoms with E-state index in [0.717, 1.165) is 5.56 Å². The maximum Gasteiger partial charge on any atom is 0.390 e. The van der Waals surface area contributed by atoms with Gasteiger partial charge in [0, 0.05) is 24.2 Å². The molecule has 1 rings (SSSR count). The van der Waals surface area contributed by atoms with Crippen molar-refractivity contribution in [2.75, 3.05) is 20.8 Å². The van der Waals surface area contributed by atoms with Crippen molar-refractivity contribution in [1.82, 2.24) is 5.32 Å². The molecule has 0 radical (unpaired) electrons. The minimum atomic E-state index is -4.14. The molecule has 1 atom stereocenters. The zero-order valence-corrected chi connectivity index (χ0v) is 11.2. The molecule has 0 bridgehead atoms. The largest absolute Gasteiger partial charge is 0.497 e. The summed E-state index contributed by atoms with van der Waals surface area (Å²) in [5.41, 5.74) is 0.797. The van der Waals surface area contributed by atoms with Gasteiger partial charge in [-0.05, 0) is 13.0 Å². The fourth-order valence-corrected chi connectivity index (χ4v) is 1.72. The van der Waals surface area contributed by atoms with Crippen molar-refractivity contribution in [3.8, 4) is 11.5 Å². The van der Waals surface area contributed by atoms with Gasteiger partial charge in [-0.15, -0.1) is 0 Å². The molecule has 0 fully saturated rings. The van der Waals surface area contributed by atoms with E-state index in [2.05, 4.69) is 5.32 Å². The summed E-state index contributed by atoms with van der Waals surface area (Å²) in [6.45, 7) is 1.67. The molecular formula is C13H18F3NO2. The highest BCUT2D eigenvalue weighted by molar-refractivity contribution is 5.42. The van der Waals surface area contributed by atoms with Crippen LogP contribution in [-0.2, 0) is 0 Å². The average Bonchev–Trinajstić information content (AvgIpc) is 2.36. The topological polar surface area (TPSA) is 30.5 Å². The third-order valence-corrected chi connectivity index (χ3v) is 2.77. The molecule has 0 aromatic heterocycles. The summed E-state index contributed by atoms with van der Waals surface area (Å²) in [7, 11) is 3.06. The van der Waals surface area contributed by atoms with Gasteiger partial charge in [0.1, 0.15) is 11.5 Å². The minimum absolute atomic E-state index is 0.125. The van der Waals surface area contributed by atoms with Crippen molar-refractivity contribution in [2.24, 2.45) is 0 Å². The van der Waals surface area contributed by atoms with Crippen molar-refractivity contribution in [2.45, 2.75) is 25.6 Å². The zero-order chi connectivity index (χ0) is 14.5. The summed E-state index contributed by atoms with van der Waals surface area (Å²) < 4.78 is 46.5. The van der Waals surface area contributed by atoms with Crippen LogP contribution in [0.1, 0.15) is 24.9 Å². The maximum absolute atomic E-state index is 12.1. The summed E-state index contributed by atoms with van der Waals surface area (Å²) >= 11 is 0. The van der Waals surface area contributed by atoms with Crippen molar-refractivity contribution >= 4 is 0 Å². The van der Waals surface area contributed by atoms with E-state index in [9.17, 15) is 13.2 Å². The normalized spacial score (nSPS) is 13.2. The highest BCUT2D eigenvalue weighted by Crippen LogP contribution is 2.29. The van der Waals surface area contributed by atoms with Crippen molar-refractivity contribution in [1.29, 1.82) is 0 Å². The quantitative estimate of drug-likeness (QED) is 0.865. The van der Waals surface area contributed by atoms with E-state index in [1.807, 2.05) is 0 Å². The lowest BCUT2D eigenvalue weighted by atomic mass is 10.1. The van der Waals surface area contributed by atoms with E-state index >= 15 is 0 Å². The van der Waals surface area contributed by atoms with E-state index in [4.69, 9.17) is 9.47 Å². The Bertz CT molecular complexity index is 407. The van der Waals surface area contributed by atoms with Gasteiger partial charge in [-0.2, -0.15) is 13.2 Å². The first kappa shape index (κ1) is 15.6. The number of alkyl halides is 3. The molecule has 1 N–H and O–H groups in total. The molecule has 0 aliphatic rings. The Balaban J connectivity index is 2.68. The first-order valence-corrected chi connectivity index (χ1v) is 5.89. The molecule has 0 spiro atoms. The van der Waals surface area contributed by atoms with Crippen LogP contribution >= 0.6 is 0 Å². The zero-order valence-electron chi connectivity index (χ0n) is 11.2. The lowest BCUT2D eigenvalue weighted by Crippen LogP contribution is -2.24. The Morgan fingerprint density at radius 2 is 1.89 bits per heavy atom. The molecule has 0 saturated heterocycles. The van der Waals surface area contributed by atoms with E-state index in [-0.39, 0.29) is 12.6 Å². The van der Waals surface area contributed by atoms with E-state index in [1.54, 1.807) is 32.2 Å². The molecule has 0 amide bonds. The lowest BCUT2D eigenvalue weighted by Gasteiger charge is -2.18. The van der Waals surface area contributed by atoms with Gasteiger partial charge >= 0.3 is 6.18 Å². The van der Waals surface area contributed by atoms with Crippen LogP contribution in [0.3, 0.4) is 0 Å². The summed E-state index contributed by atoms with van der Waals surface area (Å²) in [4.78, 5) is 0. The van der Waals surface area contributed by atoms with Crippen molar-refractivity contribution in [3.05, 3.63) is 23.8 Å². The Morgan fingerprint density at radius 1 is 1.21 bits per heavy atom. The SMILES string of the molecule is COc1ccc(C(C)NCCC(F)(F)F)c(OC)c1. The highest BCUT2D eigenvalue weighted by Gasteiger charge is 2.26. The van der Waals surface area contributed by atoms with Gasteiger partial charge in [0.25, 0.3) is 0 Å². The molecule has 19 heavy (non-hydrogen) atoms. The van der Waals surface area contributed by atoms with Crippen LogP contribution in [-0.4, -0.2) is 26.9 Å². The molecule has 0 heterocycles. The smallest absolute Gasteiger partial charge is 0.390 e. The third kappa shape index (κ3) is 4.98. The van der Waals surface area contributed by atoms with E-state index in [1.165, 1.54) is 7.11 Å². The molecule has 1 aromatic carbocycles. The fraction of sp³-hybridized carbons (Fsp3) is 0.538. The van der Waals surface area contributed by atoms with Gasteiger partial charge in [-0.3, -0.25) is 0 Å². The summed E-state index contributed by atoms with van der Waals surface area (Å²) in [5.74, 6) is 1.23. The monoisotopic (exact) mass is 277 g/mol. The molecule has 3 nitrogen and oxygen atoms in total. The molecule has 6 heteroatoms. The predicted octanol–water partition coefficient (Wildman–Crippen LogP) is 3.31. The molecule has 1 aromatic rings.